The molecule has 5 heteroatoms. The number of carbonyl (C=O) groups is 1. The lowest BCUT2D eigenvalue weighted by Crippen LogP contribution is -2.19. The molecule has 1 heterocycles. The predicted molar refractivity (Wildman–Crippen MR) is 82.3 cm³/mol. The fraction of sp³-hybridized carbons (Fsp3) is 0.588. The van der Waals surface area contributed by atoms with Crippen molar-refractivity contribution in [1.82, 2.24) is 0 Å². The second-order valence-corrected chi connectivity index (χ2v) is 5.87. The zero-order chi connectivity index (χ0) is 16.1. The third kappa shape index (κ3) is 4.13. The summed E-state index contributed by atoms with van der Waals surface area (Å²) >= 11 is 0. The summed E-state index contributed by atoms with van der Waals surface area (Å²) in [5.41, 5.74) is 0.907. The van der Waals surface area contributed by atoms with E-state index in [9.17, 15) is 15.0 Å². The SMILES string of the molecule is COc1cc(O)c2c(c1)CCC[C@@H](O)CCC[C@H](C)OC2=O. The van der Waals surface area contributed by atoms with E-state index >= 15 is 0 Å². The molecule has 2 atom stereocenters. The lowest BCUT2D eigenvalue weighted by Gasteiger charge is -2.19. The number of esters is 1. The topological polar surface area (TPSA) is 76.0 Å². The number of aromatic hydroxyl groups is 1. The average molecular weight is 308 g/mol. The van der Waals surface area contributed by atoms with Gasteiger partial charge in [0.1, 0.15) is 17.1 Å². The molecule has 1 aromatic carbocycles. The van der Waals surface area contributed by atoms with Gasteiger partial charge in [-0.25, -0.2) is 4.79 Å². The van der Waals surface area contributed by atoms with Gasteiger partial charge in [-0.1, -0.05) is 0 Å². The van der Waals surface area contributed by atoms with E-state index in [1.54, 1.807) is 6.07 Å². The summed E-state index contributed by atoms with van der Waals surface area (Å²) in [7, 11) is 1.51. The minimum absolute atomic E-state index is 0.121. The van der Waals surface area contributed by atoms with Gasteiger partial charge >= 0.3 is 5.97 Å². The Morgan fingerprint density at radius 1 is 1.23 bits per heavy atom. The zero-order valence-corrected chi connectivity index (χ0v) is 13.2. The molecular weight excluding hydrogens is 284 g/mol. The maximum Gasteiger partial charge on any atom is 0.342 e. The Balaban J connectivity index is 2.33. The van der Waals surface area contributed by atoms with Gasteiger partial charge in [-0.05, 0) is 57.1 Å². The molecule has 122 valence electrons. The van der Waals surface area contributed by atoms with E-state index in [0.29, 0.717) is 30.6 Å². The van der Waals surface area contributed by atoms with E-state index in [4.69, 9.17) is 9.47 Å². The molecule has 5 nitrogen and oxygen atoms in total. The van der Waals surface area contributed by atoms with Crippen LogP contribution in [0.2, 0.25) is 0 Å². The smallest absolute Gasteiger partial charge is 0.342 e. The van der Waals surface area contributed by atoms with Gasteiger partial charge in [0.25, 0.3) is 0 Å². The first kappa shape index (κ1) is 16.6. The molecular formula is C17H24O5. The van der Waals surface area contributed by atoms with Crippen LogP contribution >= 0.6 is 0 Å². The highest BCUT2D eigenvalue weighted by molar-refractivity contribution is 5.94. The fourth-order valence-electron chi connectivity index (χ4n) is 2.82. The van der Waals surface area contributed by atoms with Crippen molar-refractivity contribution in [3.8, 4) is 11.5 Å². The molecule has 0 unspecified atom stereocenters. The highest BCUT2D eigenvalue weighted by Crippen LogP contribution is 2.30. The second-order valence-electron chi connectivity index (χ2n) is 5.87. The molecule has 1 aliphatic rings. The van der Waals surface area contributed by atoms with Crippen LogP contribution in [0.1, 0.15) is 54.9 Å². The Kier molecular flexibility index (Phi) is 5.66. The first-order chi connectivity index (χ1) is 10.5. The lowest BCUT2D eigenvalue weighted by molar-refractivity contribution is 0.0304. The number of aryl methyl sites for hydroxylation is 1. The van der Waals surface area contributed by atoms with Crippen molar-refractivity contribution in [3.63, 3.8) is 0 Å². The number of ether oxygens (including phenoxy) is 2. The Morgan fingerprint density at radius 3 is 2.68 bits per heavy atom. The Labute approximate surface area is 130 Å². The molecule has 2 rings (SSSR count). The Morgan fingerprint density at radius 2 is 1.95 bits per heavy atom. The number of benzene rings is 1. The Hall–Kier alpha value is -1.75. The molecule has 2 N–H and O–H groups in total. The lowest BCUT2D eigenvalue weighted by atomic mass is 9.97. The molecule has 0 aromatic heterocycles. The van der Waals surface area contributed by atoms with Gasteiger partial charge in [0.15, 0.2) is 0 Å². The number of hydrogen-bond donors (Lipinski definition) is 2. The summed E-state index contributed by atoms with van der Waals surface area (Å²) in [5.74, 6) is -0.113. The molecule has 0 saturated carbocycles. The van der Waals surface area contributed by atoms with Crippen LogP contribution in [0.5, 0.6) is 11.5 Å². The molecule has 0 saturated heterocycles. The van der Waals surface area contributed by atoms with Crippen LogP contribution < -0.4 is 4.74 Å². The number of fused-ring (bicyclic) bond motifs is 1. The second kappa shape index (κ2) is 7.49. The van der Waals surface area contributed by atoms with Crippen LogP contribution in [0, 0.1) is 0 Å². The summed E-state index contributed by atoms with van der Waals surface area (Å²) in [5, 5.41) is 20.1. The molecule has 0 spiro atoms. The summed E-state index contributed by atoms with van der Waals surface area (Å²) in [4.78, 5) is 12.3. The largest absolute Gasteiger partial charge is 0.507 e. The minimum atomic E-state index is -0.497. The number of aliphatic hydroxyl groups excluding tert-OH is 1. The number of hydrogen-bond acceptors (Lipinski definition) is 5. The highest BCUT2D eigenvalue weighted by Gasteiger charge is 2.22. The van der Waals surface area contributed by atoms with Crippen LogP contribution in [0.3, 0.4) is 0 Å². The summed E-state index contributed by atoms with van der Waals surface area (Å²) in [6.45, 7) is 1.83. The zero-order valence-electron chi connectivity index (χ0n) is 13.2. The maximum atomic E-state index is 12.3. The van der Waals surface area contributed by atoms with Crippen LogP contribution in [0.15, 0.2) is 12.1 Å². The van der Waals surface area contributed by atoms with E-state index < -0.39 is 5.97 Å². The van der Waals surface area contributed by atoms with Crippen molar-refractivity contribution < 1.29 is 24.5 Å². The van der Waals surface area contributed by atoms with Gasteiger partial charge in [0.05, 0.1) is 19.3 Å². The van der Waals surface area contributed by atoms with Crippen molar-refractivity contribution in [3.05, 3.63) is 23.3 Å². The highest BCUT2D eigenvalue weighted by atomic mass is 16.5. The predicted octanol–water partition coefficient (Wildman–Crippen LogP) is 2.81. The van der Waals surface area contributed by atoms with Gasteiger partial charge in [0, 0.05) is 6.07 Å². The quantitative estimate of drug-likeness (QED) is 0.780. The molecule has 0 bridgehead atoms. The number of cyclic esters (lactones) is 1. The number of methoxy groups -OCH3 is 1. The summed E-state index contributed by atoms with van der Waals surface area (Å²) in [6, 6.07) is 3.17. The molecule has 0 fully saturated rings. The molecule has 0 radical (unpaired) electrons. The first-order valence-corrected chi connectivity index (χ1v) is 7.80. The molecule has 1 aromatic rings. The van der Waals surface area contributed by atoms with Crippen LogP contribution in [0.25, 0.3) is 0 Å². The standard InChI is InChI=1S/C17H24O5/c1-11-5-3-7-13(18)8-4-6-12-9-14(21-2)10-15(19)16(12)17(20)22-11/h9-11,13,18-19H,3-8H2,1-2H3/t11-,13-/m0/s1. The van der Waals surface area contributed by atoms with Crippen molar-refractivity contribution in [2.75, 3.05) is 7.11 Å². The minimum Gasteiger partial charge on any atom is -0.507 e. The average Bonchev–Trinajstić information content (AvgIpc) is 2.45. The van der Waals surface area contributed by atoms with Gasteiger partial charge < -0.3 is 19.7 Å². The molecule has 0 amide bonds. The third-order valence-corrected chi connectivity index (χ3v) is 4.05. The van der Waals surface area contributed by atoms with Crippen molar-refractivity contribution in [1.29, 1.82) is 0 Å². The number of aliphatic hydroxyl groups is 1. The van der Waals surface area contributed by atoms with Crippen molar-refractivity contribution in [2.24, 2.45) is 0 Å². The van der Waals surface area contributed by atoms with Gasteiger partial charge in [-0.3, -0.25) is 0 Å². The van der Waals surface area contributed by atoms with E-state index in [-0.39, 0.29) is 23.5 Å². The number of carbonyl (C=O) groups excluding carboxylic acids is 1. The monoisotopic (exact) mass is 308 g/mol. The maximum absolute atomic E-state index is 12.3. The number of phenolic OH excluding ortho intramolecular Hbond substituents is 1. The first-order valence-electron chi connectivity index (χ1n) is 7.80. The van der Waals surface area contributed by atoms with Gasteiger partial charge in [-0.15, -0.1) is 0 Å². The van der Waals surface area contributed by atoms with Crippen molar-refractivity contribution >= 4 is 5.97 Å². The Bertz CT molecular complexity index is 526. The van der Waals surface area contributed by atoms with Crippen LogP contribution in [0.4, 0.5) is 0 Å². The van der Waals surface area contributed by atoms with Crippen molar-refractivity contribution in [2.45, 2.75) is 57.7 Å². The summed E-state index contributed by atoms with van der Waals surface area (Å²) in [6.07, 6.45) is 3.67. The summed E-state index contributed by atoms with van der Waals surface area (Å²) < 4.78 is 10.6. The molecule has 0 aliphatic carbocycles. The molecule has 1 aliphatic heterocycles. The number of phenols is 1. The molecule has 22 heavy (non-hydrogen) atoms. The van der Waals surface area contributed by atoms with Crippen LogP contribution in [-0.2, 0) is 11.2 Å². The van der Waals surface area contributed by atoms with E-state index in [1.165, 1.54) is 13.2 Å². The van der Waals surface area contributed by atoms with E-state index in [0.717, 1.165) is 19.3 Å². The van der Waals surface area contributed by atoms with E-state index in [2.05, 4.69) is 0 Å². The fourth-order valence-corrected chi connectivity index (χ4v) is 2.82. The normalized spacial score (nSPS) is 23.7. The number of rotatable bonds is 1. The van der Waals surface area contributed by atoms with Crippen LogP contribution in [-0.4, -0.2) is 35.5 Å². The van der Waals surface area contributed by atoms with E-state index in [1.807, 2.05) is 6.92 Å². The van der Waals surface area contributed by atoms with Gasteiger partial charge in [-0.2, -0.15) is 0 Å². The van der Waals surface area contributed by atoms with Gasteiger partial charge in [0.2, 0.25) is 0 Å². The third-order valence-electron chi connectivity index (χ3n) is 4.05.